The molecule has 0 saturated heterocycles. The van der Waals surface area contributed by atoms with Crippen molar-refractivity contribution in [2.75, 3.05) is 0 Å². The summed E-state index contributed by atoms with van der Waals surface area (Å²) in [5, 5.41) is 0. The number of nitrogens with zero attached hydrogens (tertiary/aromatic N) is 3. The number of aromatic nitrogens is 4. The minimum atomic E-state index is -0.287. The van der Waals surface area contributed by atoms with Gasteiger partial charge in [-0.05, 0) is 6.08 Å². The highest BCUT2D eigenvalue weighted by molar-refractivity contribution is 5.68. The topological polar surface area (TPSA) is 80.8 Å². The van der Waals surface area contributed by atoms with Crippen LogP contribution in [0.5, 0.6) is 5.88 Å². The zero-order valence-corrected chi connectivity index (χ0v) is 7.60. The highest BCUT2D eigenvalue weighted by Gasteiger charge is 2.13. The van der Waals surface area contributed by atoms with Crippen LogP contribution in [0, 0.1) is 0 Å². The lowest BCUT2D eigenvalue weighted by Crippen LogP contribution is -2.12. The maximum Gasteiger partial charge on any atom is 0.278 e. The Morgan fingerprint density at radius 2 is 2.33 bits per heavy atom. The molecule has 0 amide bonds. The van der Waals surface area contributed by atoms with Crippen molar-refractivity contribution in [1.82, 2.24) is 19.9 Å². The van der Waals surface area contributed by atoms with Gasteiger partial charge in [-0.1, -0.05) is 0 Å². The molecule has 2 aromatic heterocycles. The van der Waals surface area contributed by atoms with Crippen LogP contribution in [0.25, 0.3) is 11.2 Å². The van der Waals surface area contributed by atoms with E-state index < -0.39 is 0 Å². The van der Waals surface area contributed by atoms with Gasteiger partial charge in [0.15, 0.2) is 11.2 Å². The van der Waals surface area contributed by atoms with Gasteiger partial charge in [-0.3, -0.25) is 4.79 Å². The predicted octanol–water partition coefficient (Wildman–Crippen LogP) is 0.162. The van der Waals surface area contributed by atoms with Crippen LogP contribution in [0.15, 0.2) is 23.5 Å². The molecule has 0 aromatic carbocycles. The summed E-state index contributed by atoms with van der Waals surface area (Å²) in [5.74, 6) is 0.420. The smallest absolute Gasteiger partial charge is 0.278 e. The van der Waals surface area contributed by atoms with Crippen molar-refractivity contribution in [3.63, 3.8) is 0 Å². The fraction of sp³-hybridized carbons (Fsp3) is 0.111. The molecule has 6 heteroatoms. The molecule has 1 N–H and O–H groups in total. The molecule has 1 aliphatic rings. The van der Waals surface area contributed by atoms with Crippen LogP contribution in [-0.2, 0) is 6.42 Å². The maximum atomic E-state index is 11.4. The van der Waals surface area contributed by atoms with E-state index in [0.29, 0.717) is 23.6 Å². The van der Waals surface area contributed by atoms with Gasteiger partial charge < -0.3 is 9.72 Å². The van der Waals surface area contributed by atoms with Crippen molar-refractivity contribution in [2.45, 2.75) is 6.42 Å². The minimum Gasteiger partial charge on any atom is -0.445 e. The van der Waals surface area contributed by atoms with E-state index in [0.717, 1.165) is 0 Å². The van der Waals surface area contributed by atoms with E-state index >= 15 is 0 Å². The Morgan fingerprint density at radius 1 is 1.40 bits per heavy atom. The monoisotopic (exact) mass is 202 g/mol. The number of hydrogen-bond acceptors (Lipinski definition) is 5. The number of ether oxygens (including phenoxy) is 1. The van der Waals surface area contributed by atoms with Gasteiger partial charge in [0.2, 0.25) is 5.88 Å². The number of nitrogens with one attached hydrogen (secondary N) is 1. The second-order valence-corrected chi connectivity index (χ2v) is 3.07. The SMILES string of the molecule is O=c1[nH]cnc2nc3c(nc12)CC=CO3. The molecule has 2 aromatic rings. The first-order chi connectivity index (χ1) is 7.34. The van der Waals surface area contributed by atoms with E-state index in [1.807, 2.05) is 6.08 Å². The van der Waals surface area contributed by atoms with Crippen LogP contribution in [0.2, 0.25) is 0 Å². The minimum absolute atomic E-state index is 0.246. The normalized spacial score (nSPS) is 13.6. The highest BCUT2D eigenvalue weighted by atomic mass is 16.5. The summed E-state index contributed by atoms with van der Waals surface area (Å²) in [6, 6.07) is 0. The quantitative estimate of drug-likeness (QED) is 0.658. The van der Waals surface area contributed by atoms with Gasteiger partial charge >= 0.3 is 0 Å². The van der Waals surface area contributed by atoms with Crippen molar-refractivity contribution in [3.8, 4) is 5.88 Å². The van der Waals surface area contributed by atoms with Crippen molar-refractivity contribution in [2.24, 2.45) is 0 Å². The molecule has 0 fully saturated rings. The fourth-order valence-electron chi connectivity index (χ4n) is 1.41. The largest absolute Gasteiger partial charge is 0.445 e. The number of fused-ring (bicyclic) bond motifs is 2. The zero-order chi connectivity index (χ0) is 10.3. The number of H-pyrrole nitrogens is 1. The zero-order valence-electron chi connectivity index (χ0n) is 7.60. The van der Waals surface area contributed by atoms with Crippen molar-refractivity contribution < 1.29 is 4.74 Å². The third-order valence-corrected chi connectivity index (χ3v) is 2.10. The molecule has 15 heavy (non-hydrogen) atoms. The lowest BCUT2D eigenvalue weighted by atomic mass is 10.3. The van der Waals surface area contributed by atoms with Crippen LogP contribution in [0.4, 0.5) is 0 Å². The first kappa shape index (κ1) is 8.10. The predicted molar refractivity (Wildman–Crippen MR) is 51.4 cm³/mol. The van der Waals surface area contributed by atoms with E-state index in [-0.39, 0.29) is 11.1 Å². The Bertz CT molecular complexity index is 617. The van der Waals surface area contributed by atoms with Crippen LogP contribution in [0.1, 0.15) is 5.69 Å². The Labute approximate surface area is 83.7 Å². The lowest BCUT2D eigenvalue weighted by Gasteiger charge is -2.09. The number of hydrogen-bond donors (Lipinski definition) is 1. The molecule has 0 aliphatic carbocycles. The molecule has 0 spiro atoms. The van der Waals surface area contributed by atoms with E-state index in [2.05, 4.69) is 19.9 Å². The molecule has 3 rings (SSSR count). The highest BCUT2D eigenvalue weighted by Crippen LogP contribution is 2.19. The molecule has 0 radical (unpaired) electrons. The molecule has 0 unspecified atom stereocenters. The first-order valence-corrected chi connectivity index (χ1v) is 4.40. The molecule has 74 valence electrons. The van der Waals surface area contributed by atoms with Gasteiger partial charge in [0.25, 0.3) is 5.56 Å². The van der Waals surface area contributed by atoms with E-state index in [1.165, 1.54) is 6.33 Å². The van der Waals surface area contributed by atoms with Gasteiger partial charge in [-0.2, -0.15) is 4.98 Å². The number of allylic oxidation sites excluding steroid dienone is 1. The van der Waals surface area contributed by atoms with Crippen molar-refractivity contribution in [3.05, 3.63) is 34.7 Å². The summed E-state index contributed by atoms with van der Waals surface area (Å²) in [5.41, 5.74) is 0.913. The average Bonchev–Trinajstić information content (AvgIpc) is 2.27. The molecule has 0 bridgehead atoms. The third kappa shape index (κ3) is 1.18. The molecular weight excluding hydrogens is 196 g/mol. The summed E-state index contributed by atoms with van der Waals surface area (Å²) in [7, 11) is 0. The summed E-state index contributed by atoms with van der Waals surface area (Å²) in [6.07, 6.45) is 5.28. The molecule has 6 nitrogen and oxygen atoms in total. The summed E-state index contributed by atoms with van der Waals surface area (Å²) in [4.78, 5) is 26.1. The van der Waals surface area contributed by atoms with E-state index in [9.17, 15) is 4.79 Å². The maximum absolute atomic E-state index is 11.4. The van der Waals surface area contributed by atoms with Crippen molar-refractivity contribution in [1.29, 1.82) is 0 Å². The molecule has 0 atom stereocenters. The van der Waals surface area contributed by atoms with Crippen LogP contribution < -0.4 is 10.3 Å². The molecule has 0 saturated carbocycles. The standard InChI is InChI=1S/C9H6N4O2/c14-8-6-7(10-4-11-8)13-9-5(12-6)2-1-3-15-9/h1,3-4H,2H2,(H,10,11,13,14). The molecular formula is C9H6N4O2. The summed E-state index contributed by atoms with van der Waals surface area (Å²) >= 11 is 0. The van der Waals surface area contributed by atoms with Crippen LogP contribution >= 0.6 is 0 Å². The first-order valence-electron chi connectivity index (χ1n) is 4.40. The Balaban J connectivity index is 2.38. The lowest BCUT2D eigenvalue weighted by molar-refractivity contribution is 0.442. The second kappa shape index (κ2) is 2.88. The number of aromatic amines is 1. The summed E-state index contributed by atoms with van der Waals surface area (Å²) < 4.78 is 5.16. The average molecular weight is 202 g/mol. The van der Waals surface area contributed by atoms with E-state index in [1.54, 1.807) is 6.26 Å². The second-order valence-electron chi connectivity index (χ2n) is 3.07. The van der Waals surface area contributed by atoms with Gasteiger partial charge in [0.1, 0.15) is 5.69 Å². The van der Waals surface area contributed by atoms with Gasteiger partial charge in [0.05, 0.1) is 12.6 Å². The van der Waals surface area contributed by atoms with Crippen molar-refractivity contribution >= 4 is 11.2 Å². The number of rotatable bonds is 0. The Kier molecular flexibility index (Phi) is 1.55. The Morgan fingerprint density at radius 3 is 3.27 bits per heavy atom. The van der Waals surface area contributed by atoms with Gasteiger partial charge in [0, 0.05) is 6.42 Å². The van der Waals surface area contributed by atoms with Crippen LogP contribution in [0.3, 0.4) is 0 Å². The fourth-order valence-corrected chi connectivity index (χ4v) is 1.41. The molecule has 3 heterocycles. The molecule has 1 aliphatic heterocycles. The van der Waals surface area contributed by atoms with Crippen LogP contribution in [-0.4, -0.2) is 19.9 Å². The van der Waals surface area contributed by atoms with Gasteiger partial charge in [-0.25, -0.2) is 9.97 Å². The van der Waals surface area contributed by atoms with Gasteiger partial charge in [-0.15, -0.1) is 0 Å². The summed E-state index contributed by atoms with van der Waals surface area (Å²) in [6.45, 7) is 0. The Hall–Kier alpha value is -2.24. The van der Waals surface area contributed by atoms with E-state index in [4.69, 9.17) is 4.74 Å². The third-order valence-electron chi connectivity index (χ3n) is 2.10.